The largest absolute Gasteiger partial charge is 0.529 e. The summed E-state index contributed by atoms with van der Waals surface area (Å²) in [6.07, 6.45) is 5.62. The van der Waals surface area contributed by atoms with Crippen molar-refractivity contribution in [2.75, 3.05) is 10.1 Å². The van der Waals surface area contributed by atoms with Crippen molar-refractivity contribution in [1.82, 2.24) is 10.2 Å². The van der Waals surface area contributed by atoms with Crippen molar-refractivity contribution in [1.29, 1.82) is 0 Å². The number of rotatable bonds is 10. The molecule has 0 N–H and O–H groups in total. The Morgan fingerprint density at radius 1 is 1.12 bits per heavy atom. The molecule has 0 saturated carbocycles. The van der Waals surface area contributed by atoms with Gasteiger partial charge in [-0.15, -0.1) is 10.2 Å². The molecule has 2 rings (SSSR count). The summed E-state index contributed by atoms with van der Waals surface area (Å²) in [5, 5.41) is 19.8. The van der Waals surface area contributed by atoms with E-state index in [1.54, 1.807) is 0 Å². The van der Waals surface area contributed by atoms with E-state index >= 15 is 0 Å². The summed E-state index contributed by atoms with van der Waals surface area (Å²) < 4.78 is 1.13. The van der Waals surface area contributed by atoms with Crippen molar-refractivity contribution in [3.05, 3.63) is 41.6 Å². The first-order valence-corrected chi connectivity index (χ1v) is 10.2. The second kappa shape index (κ2) is 11.0. The van der Waals surface area contributed by atoms with Crippen molar-refractivity contribution in [3.63, 3.8) is 0 Å². The maximum Gasteiger partial charge on any atom is 0.153 e. The molecule has 26 heavy (non-hydrogen) atoms. The first kappa shape index (κ1) is 20.5. The molecule has 1 aromatic heterocycles. The van der Waals surface area contributed by atoms with Crippen LogP contribution in [-0.4, -0.2) is 22.0 Å². The van der Waals surface area contributed by atoms with Gasteiger partial charge in [-0.1, -0.05) is 81.0 Å². The number of anilines is 1. The first-order valence-electron chi connectivity index (χ1n) is 8.86. The van der Waals surface area contributed by atoms with Gasteiger partial charge in [0.1, 0.15) is 5.69 Å². The van der Waals surface area contributed by atoms with Gasteiger partial charge < -0.3 is 9.90 Å². The lowest BCUT2D eigenvalue weighted by molar-refractivity contribution is -0.244. The predicted molar refractivity (Wildman–Crippen MR) is 106 cm³/mol. The second-order valence-corrected chi connectivity index (χ2v) is 7.35. The van der Waals surface area contributed by atoms with E-state index in [9.17, 15) is 9.90 Å². The van der Waals surface area contributed by atoms with Gasteiger partial charge in [0.15, 0.2) is 11.2 Å². The summed E-state index contributed by atoms with van der Waals surface area (Å²) in [5.74, 6) is 0.689. The highest BCUT2D eigenvalue weighted by Gasteiger charge is 2.17. The molecule has 0 spiro atoms. The minimum Gasteiger partial charge on any atom is -0.529 e. The molecule has 140 valence electrons. The van der Waals surface area contributed by atoms with Crippen LogP contribution in [0.1, 0.15) is 45.4 Å². The Morgan fingerprint density at radius 3 is 2.50 bits per heavy atom. The van der Waals surface area contributed by atoms with E-state index in [1.807, 2.05) is 30.3 Å². The lowest BCUT2D eigenvalue weighted by Crippen LogP contribution is -2.37. The number of halogens is 1. The Morgan fingerprint density at radius 2 is 1.81 bits per heavy atom. The van der Waals surface area contributed by atoms with E-state index in [4.69, 9.17) is 11.6 Å². The molecule has 0 unspecified atom stereocenters. The Kier molecular flexibility index (Phi) is 8.71. The van der Waals surface area contributed by atoms with Crippen LogP contribution in [0.15, 0.2) is 36.4 Å². The number of amides is 1. The van der Waals surface area contributed by atoms with Crippen molar-refractivity contribution >= 4 is 35.3 Å². The fourth-order valence-corrected chi connectivity index (χ4v) is 3.61. The minimum atomic E-state index is -1.29. The lowest BCUT2D eigenvalue weighted by atomic mass is 10.1. The molecule has 0 aliphatic heterocycles. The van der Waals surface area contributed by atoms with Gasteiger partial charge >= 0.3 is 0 Å². The molecule has 0 fully saturated rings. The fourth-order valence-electron chi connectivity index (χ4n) is 2.57. The number of nitrogens with zero attached hydrogens (tertiary/aromatic N) is 3. The summed E-state index contributed by atoms with van der Waals surface area (Å²) >= 11 is 7.17. The third-order valence-corrected chi connectivity index (χ3v) is 5.15. The highest BCUT2D eigenvalue weighted by Crippen LogP contribution is 2.33. The number of aromatic nitrogens is 2. The molecule has 1 amide bonds. The number of benzene rings is 1. The molecule has 1 aromatic carbocycles. The van der Waals surface area contributed by atoms with Crippen LogP contribution in [0.4, 0.5) is 10.5 Å². The molecule has 0 bridgehead atoms. The molecule has 0 aliphatic carbocycles. The van der Waals surface area contributed by atoms with Crippen molar-refractivity contribution in [3.8, 4) is 11.3 Å². The van der Waals surface area contributed by atoms with Crippen LogP contribution < -0.4 is 9.41 Å². The first-order chi connectivity index (χ1) is 12.6. The van der Waals surface area contributed by atoms with E-state index in [0.29, 0.717) is 17.1 Å². The quantitative estimate of drug-likeness (QED) is 0.422. The van der Waals surface area contributed by atoms with Crippen molar-refractivity contribution < 1.29 is 9.90 Å². The number of carbonyl (C=O) groups is 1. The predicted octanol–water partition coefficient (Wildman–Crippen LogP) is 4.96. The summed E-state index contributed by atoms with van der Waals surface area (Å²) in [6, 6.07) is 10.8. The summed E-state index contributed by atoms with van der Waals surface area (Å²) in [4.78, 5) is 11.7. The van der Waals surface area contributed by atoms with Crippen LogP contribution >= 0.6 is 23.5 Å². The van der Waals surface area contributed by atoms with Gasteiger partial charge in [-0.25, -0.2) is 0 Å². The van der Waals surface area contributed by atoms with Crippen LogP contribution in [0.3, 0.4) is 0 Å². The topological polar surface area (TPSA) is 69.2 Å². The number of carbonyl (C=O) groups excluding carboxylic acids is 1. The molecular formula is C19H23ClN3O2S-. The molecule has 0 radical (unpaired) electrons. The molecule has 5 nitrogen and oxygen atoms in total. The maximum atomic E-state index is 11.7. The second-order valence-electron chi connectivity index (χ2n) is 5.93. The minimum absolute atomic E-state index is 0.145. The standard InChI is InChI=1S/C19H24ClN3O2S/c1-2-3-4-5-6-10-13-26-23(19(24)25)16-14-17(20)21-22-18(16)15-11-8-7-9-12-15/h7-9,11-12,14H,2-6,10,13H2,1H3,(H,24,25)/p-1. The van der Waals surface area contributed by atoms with E-state index in [0.717, 1.165) is 22.7 Å². The van der Waals surface area contributed by atoms with Gasteiger partial charge in [-0.3, -0.25) is 4.31 Å². The fraction of sp³-hybridized carbons (Fsp3) is 0.421. The molecule has 7 heteroatoms. The van der Waals surface area contributed by atoms with E-state index in [2.05, 4.69) is 17.1 Å². The number of carboxylic acid groups (broad SMARTS) is 1. The third kappa shape index (κ3) is 6.18. The van der Waals surface area contributed by atoms with Crippen LogP contribution in [0, 0.1) is 0 Å². The third-order valence-electron chi connectivity index (χ3n) is 3.89. The highest BCUT2D eigenvalue weighted by molar-refractivity contribution is 8.01. The highest BCUT2D eigenvalue weighted by atomic mass is 35.5. The number of hydrogen-bond acceptors (Lipinski definition) is 5. The molecular weight excluding hydrogens is 370 g/mol. The van der Waals surface area contributed by atoms with E-state index in [1.165, 1.54) is 43.7 Å². The van der Waals surface area contributed by atoms with Crippen LogP contribution in [0.5, 0.6) is 0 Å². The Hall–Kier alpha value is -1.79. The van der Waals surface area contributed by atoms with Gasteiger partial charge in [0, 0.05) is 17.4 Å². The zero-order chi connectivity index (χ0) is 18.8. The van der Waals surface area contributed by atoms with Gasteiger partial charge in [-0.05, 0) is 18.4 Å². The van der Waals surface area contributed by atoms with Crippen molar-refractivity contribution in [2.24, 2.45) is 0 Å². The van der Waals surface area contributed by atoms with Gasteiger partial charge in [0.05, 0.1) is 5.69 Å². The average Bonchev–Trinajstić information content (AvgIpc) is 2.64. The van der Waals surface area contributed by atoms with Crippen molar-refractivity contribution in [2.45, 2.75) is 45.4 Å². The average molecular weight is 393 g/mol. The monoisotopic (exact) mass is 392 g/mol. The Bertz CT molecular complexity index is 700. The van der Waals surface area contributed by atoms with Crippen LogP contribution in [0.2, 0.25) is 5.15 Å². The molecule has 0 aliphatic rings. The SMILES string of the molecule is CCCCCCCCSN(C(=O)[O-])c1cc(Cl)nnc1-c1ccccc1. The van der Waals surface area contributed by atoms with Crippen LogP contribution in [0.25, 0.3) is 11.3 Å². The molecule has 2 aromatic rings. The molecule has 0 saturated heterocycles. The molecule has 1 heterocycles. The summed E-state index contributed by atoms with van der Waals surface area (Å²) in [5.41, 5.74) is 1.62. The zero-order valence-electron chi connectivity index (χ0n) is 14.9. The Balaban J connectivity index is 2.09. The van der Waals surface area contributed by atoms with E-state index in [-0.39, 0.29) is 5.15 Å². The van der Waals surface area contributed by atoms with Gasteiger partial charge in [0.2, 0.25) is 0 Å². The number of unbranched alkanes of at least 4 members (excludes halogenated alkanes) is 5. The van der Waals surface area contributed by atoms with Gasteiger partial charge in [0.25, 0.3) is 0 Å². The molecule has 0 atom stereocenters. The lowest BCUT2D eigenvalue weighted by Gasteiger charge is -2.25. The smallest absolute Gasteiger partial charge is 0.153 e. The number of hydrogen-bond donors (Lipinski definition) is 0. The zero-order valence-corrected chi connectivity index (χ0v) is 16.4. The summed E-state index contributed by atoms with van der Waals surface area (Å²) in [7, 11) is 0. The Labute approximate surface area is 163 Å². The van der Waals surface area contributed by atoms with Crippen LogP contribution in [-0.2, 0) is 0 Å². The maximum absolute atomic E-state index is 11.7. The normalized spacial score (nSPS) is 10.7. The summed E-state index contributed by atoms with van der Waals surface area (Å²) in [6.45, 7) is 2.19. The van der Waals surface area contributed by atoms with Gasteiger partial charge in [-0.2, -0.15) is 0 Å². The van der Waals surface area contributed by atoms with E-state index < -0.39 is 6.09 Å².